The zero-order chi connectivity index (χ0) is 20.4. The second-order valence-electron chi connectivity index (χ2n) is 7.21. The fourth-order valence-corrected chi connectivity index (χ4v) is 3.53. The average molecular weight is 406 g/mol. The van der Waals surface area contributed by atoms with Crippen LogP contribution in [0.2, 0.25) is 0 Å². The first-order valence-electron chi connectivity index (χ1n) is 10.5. The molecule has 0 spiro atoms. The van der Waals surface area contributed by atoms with Gasteiger partial charge in [-0.3, -0.25) is 9.32 Å². The highest BCUT2D eigenvalue weighted by Gasteiger charge is 2.25. The lowest BCUT2D eigenvalue weighted by atomic mass is 10.1. The second kappa shape index (κ2) is 17.4. The van der Waals surface area contributed by atoms with E-state index in [0.29, 0.717) is 6.42 Å². The molecule has 0 heterocycles. The summed E-state index contributed by atoms with van der Waals surface area (Å²) in [6.07, 6.45) is 20.2. The van der Waals surface area contributed by atoms with Gasteiger partial charge in [0.1, 0.15) is 6.10 Å². The number of primary amides is 1. The average Bonchev–Trinajstić information content (AvgIpc) is 2.59. The number of phosphoric ester groups is 1. The summed E-state index contributed by atoms with van der Waals surface area (Å²) in [4.78, 5) is 28.6. The number of phosphoric acid groups is 1. The predicted molar refractivity (Wildman–Crippen MR) is 110 cm³/mol. The largest absolute Gasteiger partial charge is 0.470 e. The summed E-state index contributed by atoms with van der Waals surface area (Å²) in [6, 6.07) is 0. The van der Waals surface area contributed by atoms with Gasteiger partial charge in [0, 0.05) is 0 Å². The number of hydrogen-bond acceptors (Lipinski definition) is 3. The molecule has 0 aliphatic carbocycles. The van der Waals surface area contributed by atoms with Crippen molar-refractivity contribution in [2.75, 3.05) is 0 Å². The van der Waals surface area contributed by atoms with E-state index in [1.54, 1.807) is 0 Å². The molecule has 7 heteroatoms. The summed E-state index contributed by atoms with van der Waals surface area (Å²) in [6.45, 7) is 2.24. The molecule has 0 saturated carbocycles. The molecule has 1 amide bonds. The Kier molecular flexibility index (Phi) is 17.0. The zero-order valence-electron chi connectivity index (χ0n) is 17.0. The molecule has 0 aliphatic heterocycles. The molecule has 0 radical (unpaired) electrons. The van der Waals surface area contributed by atoms with Gasteiger partial charge in [-0.15, -0.1) is 0 Å². The lowest BCUT2D eigenvalue weighted by Crippen LogP contribution is -2.30. The van der Waals surface area contributed by atoms with Crippen molar-refractivity contribution >= 4 is 13.7 Å². The Bertz CT molecular complexity index is 436. The number of allylic oxidation sites excluding steroid dienone is 2. The third-order valence-corrected chi connectivity index (χ3v) is 5.09. The van der Waals surface area contributed by atoms with Crippen molar-refractivity contribution in [2.45, 2.75) is 109 Å². The Balaban J connectivity index is 3.45. The summed E-state index contributed by atoms with van der Waals surface area (Å²) in [5, 5.41) is 0. The maximum Gasteiger partial charge on any atom is 0.470 e. The molecule has 4 N–H and O–H groups in total. The van der Waals surface area contributed by atoms with Crippen LogP contribution in [-0.2, 0) is 13.9 Å². The number of unbranched alkanes of at least 4 members (excludes halogenated alkanes) is 12. The van der Waals surface area contributed by atoms with Gasteiger partial charge in [0.25, 0.3) is 0 Å². The van der Waals surface area contributed by atoms with E-state index in [4.69, 9.17) is 15.5 Å². The van der Waals surface area contributed by atoms with Crippen LogP contribution in [0.1, 0.15) is 103 Å². The smallest absolute Gasteiger partial charge is 0.367 e. The van der Waals surface area contributed by atoms with E-state index in [0.717, 1.165) is 25.7 Å². The van der Waals surface area contributed by atoms with Crippen LogP contribution < -0.4 is 5.73 Å². The van der Waals surface area contributed by atoms with Crippen LogP contribution in [0.3, 0.4) is 0 Å². The van der Waals surface area contributed by atoms with E-state index in [2.05, 4.69) is 23.6 Å². The van der Waals surface area contributed by atoms with Crippen molar-refractivity contribution < 1.29 is 23.7 Å². The maximum absolute atomic E-state index is 11.1. The highest BCUT2D eigenvalue weighted by molar-refractivity contribution is 7.46. The number of carbonyl (C=O) groups excluding carboxylic acids is 1. The first-order valence-corrected chi connectivity index (χ1v) is 12.1. The molecule has 6 nitrogen and oxygen atoms in total. The predicted octanol–water partition coefficient (Wildman–Crippen LogP) is 5.38. The highest BCUT2D eigenvalue weighted by Crippen LogP contribution is 2.38. The van der Waals surface area contributed by atoms with Crippen molar-refractivity contribution in [3.63, 3.8) is 0 Å². The molecule has 27 heavy (non-hydrogen) atoms. The third kappa shape index (κ3) is 19.9. The highest BCUT2D eigenvalue weighted by atomic mass is 31.2. The minimum absolute atomic E-state index is 0.252. The van der Waals surface area contributed by atoms with Gasteiger partial charge < -0.3 is 15.5 Å². The van der Waals surface area contributed by atoms with Crippen LogP contribution >= 0.6 is 7.82 Å². The SMILES string of the molecule is CCCCCCCCC=CCCCCCCCCC(OP(=O)(O)O)C(N)=O. The van der Waals surface area contributed by atoms with Crippen LogP contribution in [0.25, 0.3) is 0 Å². The van der Waals surface area contributed by atoms with E-state index >= 15 is 0 Å². The Morgan fingerprint density at radius 3 is 1.78 bits per heavy atom. The maximum atomic E-state index is 11.1. The summed E-state index contributed by atoms with van der Waals surface area (Å²) in [5.41, 5.74) is 5.10. The number of nitrogens with two attached hydrogens (primary N) is 1. The molecule has 1 unspecified atom stereocenters. The van der Waals surface area contributed by atoms with Gasteiger partial charge in [-0.05, 0) is 32.1 Å². The van der Waals surface area contributed by atoms with Crippen molar-refractivity contribution in [3.05, 3.63) is 12.2 Å². The molecule has 0 saturated heterocycles. The summed E-state index contributed by atoms with van der Waals surface area (Å²) >= 11 is 0. The van der Waals surface area contributed by atoms with Crippen LogP contribution in [-0.4, -0.2) is 21.8 Å². The van der Waals surface area contributed by atoms with Crippen molar-refractivity contribution in [2.24, 2.45) is 5.73 Å². The Labute approximate surface area is 165 Å². The number of hydrogen-bond donors (Lipinski definition) is 3. The van der Waals surface area contributed by atoms with Crippen LogP contribution in [0.5, 0.6) is 0 Å². The first kappa shape index (κ1) is 26.3. The van der Waals surface area contributed by atoms with Gasteiger partial charge in [-0.2, -0.15) is 0 Å². The molecule has 0 rings (SSSR count). The number of rotatable bonds is 19. The topological polar surface area (TPSA) is 110 Å². The van der Waals surface area contributed by atoms with Crippen LogP contribution in [0, 0.1) is 0 Å². The molecule has 0 bridgehead atoms. The van der Waals surface area contributed by atoms with Crippen molar-refractivity contribution in [1.29, 1.82) is 0 Å². The molecule has 0 aliphatic rings. The summed E-state index contributed by atoms with van der Waals surface area (Å²) < 4.78 is 15.2. The number of amides is 1. The van der Waals surface area contributed by atoms with Gasteiger partial charge in [-0.1, -0.05) is 83.3 Å². The third-order valence-electron chi connectivity index (χ3n) is 4.56. The second-order valence-corrected chi connectivity index (χ2v) is 8.41. The van der Waals surface area contributed by atoms with E-state index in [1.165, 1.54) is 57.8 Å². The number of carbonyl (C=O) groups is 1. The van der Waals surface area contributed by atoms with Gasteiger partial charge in [0.15, 0.2) is 0 Å². The van der Waals surface area contributed by atoms with Crippen LogP contribution in [0.4, 0.5) is 0 Å². The van der Waals surface area contributed by atoms with E-state index in [-0.39, 0.29) is 6.42 Å². The standard InChI is InChI=1S/C20H40NO5P/c1-2-3-4-5-6-7-8-9-10-11-12-13-14-15-16-17-18-19(20(21)22)26-27(23,24)25/h9-10,19H,2-8,11-18H2,1H3,(H2,21,22)(H2,23,24,25). The minimum Gasteiger partial charge on any atom is -0.367 e. The molecule has 1 atom stereocenters. The Morgan fingerprint density at radius 2 is 1.33 bits per heavy atom. The Morgan fingerprint density at radius 1 is 0.889 bits per heavy atom. The summed E-state index contributed by atoms with van der Waals surface area (Å²) in [5.74, 6) is -0.828. The lowest BCUT2D eigenvalue weighted by molar-refractivity contribution is -0.125. The summed E-state index contributed by atoms with van der Waals surface area (Å²) in [7, 11) is -4.67. The molecular formula is C20H40NO5P. The molecule has 0 fully saturated rings. The Hall–Kier alpha value is -0.680. The fourth-order valence-electron chi connectivity index (χ4n) is 2.99. The lowest BCUT2D eigenvalue weighted by Gasteiger charge is -2.14. The minimum atomic E-state index is -4.67. The van der Waals surface area contributed by atoms with E-state index in [9.17, 15) is 9.36 Å². The molecule has 0 aromatic heterocycles. The first-order chi connectivity index (χ1) is 12.9. The molecule has 160 valence electrons. The zero-order valence-corrected chi connectivity index (χ0v) is 17.9. The van der Waals surface area contributed by atoms with Gasteiger partial charge in [-0.25, -0.2) is 4.57 Å². The van der Waals surface area contributed by atoms with Crippen molar-refractivity contribution in [3.8, 4) is 0 Å². The fraction of sp³-hybridized carbons (Fsp3) is 0.850. The normalized spacial score (nSPS) is 13.3. The molecule has 0 aromatic carbocycles. The van der Waals surface area contributed by atoms with E-state index < -0.39 is 19.8 Å². The van der Waals surface area contributed by atoms with Gasteiger partial charge in [0.2, 0.25) is 5.91 Å². The quantitative estimate of drug-likeness (QED) is 0.152. The van der Waals surface area contributed by atoms with Gasteiger partial charge in [0.05, 0.1) is 0 Å². The van der Waals surface area contributed by atoms with Gasteiger partial charge >= 0.3 is 7.82 Å². The monoisotopic (exact) mass is 405 g/mol. The van der Waals surface area contributed by atoms with E-state index in [1.807, 2.05) is 0 Å². The van der Waals surface area contributed by atoms with Crippen molar-refractivity contribution in [1.82, 2.24) is 0 Å². The molecule has 0 aromatic rings. The van der Waals surface area contributed by atoms with Crippen LogP contribution in [0.15, 0.2) is 12.2 Å². The molecular weight excluding hydrogens is 365 g/mol.